The van der Waals surface area contributed by atoms with Crippen molar-refractivity contribution < 1.29 is 22.7 Å². The fourth-order valence-electron chi connectivity index (χ4n) is 5.92. The number of fused-ring (bicyclic) bond motifs is 3. The molecule has 0 radical (unpaired) electrons. The SMILES string of the molecule is C[Si](C)(C)CCOCn1ccc2c3c(cnc21)C(=O)N(CC#N)CN3C1CCC(CNC2(C(F)(F)F)CC2)CC1. The van der Waals surface area contributed by atoms with Gasteiger partial charge in [-0.3, -0.25) is 4.79 Å². The van der Waals surface area contributed by atoms with Gasteiger partial charge in [0.1, 0.15) is 24.5 Å². The van der Waals surface area contributed by atoms with Crippen molar-refractivity contribution in [3.05, 3.63) is 24.0 Å². The van der Waals surface area contributed by atoms with E-state index in [4.69, 9.17) is 4.74 Å². The zero-order valence-corrected chi connectivity index (χ0v) is 24.6. The number of anilines is 1. The number of rotatable bonds is 10. The second-order valence-electron chi connectivity index (χ2n) is 12.8. The molecule has 1 N–H and O–H groups in total. The highest BCUT2D eigenvalue weighted by Crippen LogP contribution is 2.49. The monoisotopic (exact) mass is 576 g/mol. The van der Waals surface area contributed by atoms with Crippen LogP contribution in [0.3, 0.4) is 0 Å². The topological polar surface area (TPSA) is 86.4 Å². The minimum absolute atomic E-state index is 0.0163. The van der Waals surface area contributed by atoms with Crippen LogP contribution in [0.4, 0.5) is 18.9 Å². The summed E-state index contributed by atoms with van der Waals surface area (Å²) in [4.78, 5) is 21.7. The Morgan fingerprint density at radius 1 is 1.23 bits per heavy atom. The molecular weight excluding hydrogens is 537 g/mol. The average molecular weight is 577 g/mol. The summed E-state index contributed by atoms with van der Waals surface area (Å²) in [6.07, 6.45) is 2.90. The van der Waals surface area contributed by atoms with Gasteiger partial charge in [0.05, 0.1) is 24.0 Å². The first-order chi connectivity index (χ1) is 18.9. The second-order valence-corrected chi connectivity index (χ2v) is 18.4. The molecule has 1 aliphatic heterocycles. The van der Waals surface area contributed by atoms with Gasteiger partial charge in [-0.25, -0.2) is 4.98 Å². The summed E-state index contributed by atoms with van der Waals surface area (Å²) < 4.78 is 48.0. The van der Waals surface area contributed by atoms with Gasteiger partial charge in [0.15, 0.2) is 0 Å². The van der Waals surface area contributed by atoms with Crippen LogP contribution in [0.5, 0.6) is 0 Å². The third kappa shape index (κ3) is 5.87. The Bertz CT molecular complexity index is 1270. The van der Waals surface area contributed by atoms with Crippen molar-refractivity contribution in [1.82, 2.24) is 19.8 Å². The average Bonchev–Trinajstić information content (AvgIpc) is 3.60. The predicted molar refractivity (Wildman–Crippen MR) is 150 cm³/mol. The van der Waals surface area contributed by atoms with Crippen molar-refractivity contribution in [3.63, 3.8) is 0 Å². The van der Waals surface area contributed by atoms with Crippen molar-refractivity contribution in [1.29, 1.82) is 5.26 Å². The maximum Gasteiger partial charge on any atom is 0.406 e. The summed E-state index contributed by atoms with van der Waals surface area (Å²) in [5, 5.41) is 13.1. The number of hydrogen-bond acceptors (Lipinski definition) is 6. The smallest absolute Gasteiger partial charge is 0.361 e. The van der Waals surface area contributed by atoms with Gasteiger partial charge >= 0.3 is 6.18 Å². The van der Waals surface area contributed by atoms with Gasteiger partial charge in [-0.05, 0) is 63.1 Å². The normalized spacial score (nSPS) is 22.9. The molecule has 2 saturated carbocycles. The van der Waals surface area contributed by atoms with Gasteiger partial charge in [-0.1, -0.05) is 19.6 Å². The highest BCUT2D eigenvalue weighted by atomic mass is 28.3. The van der Waals surface area contributed by atoms with E-state index >= 15 is 0 Å². The second kappa shape index (κ2) is 11.0. The number of ether oxygens (including phenoxy) is 1. The summed E-state index contributed by atoms with van der Waals surface area (Å²) in [5.74, 6) is -0.0230. The first-order valence-corrected chi connectivity index (χ1v) is 17.9. The molecule has 2 aromatic heterocycles. The van der Waals surface area contributed by atoms with Gasteiger partial charge in [0.2, 0.25) is 0 Å². The van der Waals surface area contributed by atoms with E-state index < -0.39 is 19.8 Å². The Morgan fingerprint density at radius 2 is 1.95 bits per heavy atom. The Balaban J connectivity index is 1.32. The summed E-state index contributed by atoms with van der Waals surface area (Å²) in [6, 6.07) is 5.26. The fourth-order valence-corrected chi connectivity index (χ4v) is 6.67. The lowest BCUT2D eigenvalue weighted by Gasteiger charge is -2.44. The molecule has 0 atom stereocenters. The molecule has 12 heteroatoms. The molecule has 5 rings (SSSR count). The molecule has 40 heavy (non-hydrogen) atoms. The van der Waals surface area contributed by atoms with Crippen molar-refractivity contribution in [2.75, 3.05) is 31.3 Å². The minimum atomic E-state index is -4.20. The third-order valence-electron chi connectivity index (χ3n) is 8.66. The third-order valence-corrected chi connectivity index (χ3v) is 10.4. The molecule has 8 nitrogen and oxygen atoms in total. The molecule has 2 aliphatic carbocycles. The zero-order chi connectivity index (χ0) is 28.7. The van der Waals surface area contributed by atoms with E-state index in [1.807, 2.05) is 16.8 Å². The fraction of sp³-hybridized carbons (Fsp3) is 0.679. The molecule has 3 heterocycles. The van der Waals surface area contributed by atoms with Crippen LogP contribution in [-0.2, 0) is 11.5 Å². The van der Waals surface area contributed by atoms with Crippen LogP contribution in [0.15, 0.2) is 18.5 Å². The number of alkyl halides is 3. The van der Waals surface area contributed by atoms with Crippen LogP contribution in [0, 0.1) is 17.2 Å². The Hall–Kier alpha value is -2.62. The van der Waals surface area contributed by atoms with Crippen LogP contribution < -0.4 is 10.2 Å². The van der Waals surface area contributed by atoms with E-state index in [1.54, 1.807) is 11.1 Å². The Morgan fingerprint density at radius 3 is 2.58 bits per heavy atom. The van der Waals surface area contributed by atoms with Gasteiger partial charge in [0, 0.05) is 38.5 Å². The number of nitrogens with one attached hydrogen (secondary N) is 1. The van der Waals surface area contributed by atoms with Crippen molar-refractivity contribution in [3.8, 4) is 6.07 Å². The lowest BCUT2D eigenvalue weighted by atomic mass is 9.84. The standard InChI is InChI=1S/C28H39F3N6O2Si/c1-40(2,3)15-14-39-19-36-12-8-22-24-23(17-33-25(22)36)26(38)35(13-11-32)18-37(24)21-6-4-20(5-7-21)16-34-27(9-10-27)28(29,30)31/h8,12,17,20-21,34H,4-7,9-10,13-16,18-19H2,1-3H3. The van der Waals surface area contributed by atoms with Crippen LogP contribution in [0.2, 0.25) is 25.7 Å². The van der Waals surface area contributed by atoms with Crippen molar-refractivity contribution in [2.45, 2.75) is 88.7 Å². The van der Waals surface area contributed by atoms with Gasteiger partial charge in [-0.2, -0.15) is 18.4 Å². The summed E-state index contributed by atoms with van der Waals surface area (Å²) in [6.45, 7) is 8.67. The first-order valence-electron chi connectivity index (χ1n) is 14.2. The lowest BCUT2D eigenvalue weighted by Crippen LogP contribution is -2.52. The van der Waals surface area contributed by atoms with E-state index in [0.29, 0.717) is 32.1 Å². The summed E-state index contributed by atoms with van der Waals surface area (Å²) in [7, 11) is -1.20. The molecular formula is C28H39F3N6O2Si. The lowest BCUT2D eigenvalue weighted by molar-refractivity contribution is -0.166. The maximum atomic E-state index is 13.4. The van der Waals surface area contributed by atoms with Gasteiger partial charge in [0.25, 0.3) is 5.91 Å². The molecule has 1 amide bonds. The number of hydrogen-bond donors (Lipinski definition) is 1. The summed E-state index contributed by atoms with van der Waals surface area (Å²) >= 11 is 0. The molecule has 2 aromatic rings. The molecule has 218 valence electrons. The number of nitrogens with zero attached hydrogens (tertiary/aromatic N) is 5. The maximum absolute atomic E-state index is 13.4. The quantitative estimate of drug-likeness (QED) is 0.234. The van der Waals surface area contributed by atoms with Crippen LogP contribution in [0.25, 0.3) is 11.0 Å². The number of nitriles is 1. The molecule has 0 bridgehead atoms. The molecule has 0 unspecified atom stereocenters. The van der Waals surface area contributed by atoms with E-state index in [-0.39, 0.29) is 37.3 Å². The number of amides is 1. The van der Waals surface area contributed by atoms with Crippen molar-refractivity contribution in [2.24, 2.45) is 5.92 Å². The molecule has 0 saturated heterocycles. The van der Waals surface area contributed by atoms with E-state index in [0.717, 1.165) is 48.4 Å². The van der Waals surface area contributed by atoms with E-state index in [9.17, 15) is 23.2 Å². The number of carbonyl (C=O) groups is 1. The van der Waals surface area contributed by atoms with Crippen LogP contribution in [0.1, 0.15) is 48.9 Å². The van der Waals surface area contributed by atoms with Crippen LogP contribution >= 0.6 is 0 Å². The number of aromatic nitrogens is 2. The zero-order valence-electron chi connectivity index (χ0n) is 23.6. The number of halogens is 3. The molecule has 0 spiro atoms. The van der Waals surface area contributed by atoms with Gasteiger partial charge < -0.3 is 24.4 Å². The van der Waals surface area contributed by atoms with E-state index in [1.165, 1.54) is 0 Å². The van der Waals surface area contributed by atoms with Crippen LogP contribution in [-0.4, -0.2) is 72.6 Å². The molecule has 0 aromatic carbocycles. The molecule has 2 fully saturated rings. The Kier molecular flexibility index (Phi) is 7.93. The van der Waals surface area contributed by atoms with E-state index in [2.05, 4.69) is 40.9 Å². The highest BCUT2D eigenvalue weighted by molar-refractivity contribution is 6.76. The number of carbonyl (C=O) groups excluding carboxylic acids is 1. The predicted octanol–water partition coefficient (Wildman–Crippen LogP) is 5.34. The number of pyridine rings is 1. The minimum Gasteiger partial charge on any atom is -0.361 e. The Labute approximate surface area is 234 Å². The summed E-state index contributed by atoms with van der Waals surface area (Å²) in [5.41, 5.74) is 0.382. The highest BCUT2D eigenvalue weighted by Gasteiger charge is 2.63. The molecule has 3 aliphatic rings. The van der Waals surface area contributed by atoms with Crippen molar-refractivity contribution >= 4 is 30.7 Å². The largest absolute Gasteiger partial charge is 0.406 e. The van der Waals surface area contributed by atoms with Gasteiger partial charge in [-0.15, -0.1) is 0 Å². The first kappa shape index (κ1) is 28.9.